The molecule has 0 unspecified atom stereocenters. The van der Waals surface area contributed by atoms with Crippen molar-refractivity contribution in [3.8, 4) is 0 Å². The maximum atomic E-state index is 12.6. The molecule has 1 aromatic rings. The van der Waals surface area contributed by atoms with Crippen molar-refractivity contribution in [1.29, 1.82) is 0 Å². The molecule has 0 N–H and O–H groups in total. The molecule has 1 amide bonds. The summed E-state index contributed by atoms with van der Waals surface area (Å²) in [4.78, 5) is 14.5. The van der Waals surface area contributed by atoms with E-state index in [1.54, 1.807) is 0 Å². The maximum absolute atomic E-state index is 12.6. The van der Waals surface area contributed by atoms with Crippen molar-refractivity contribution in [3.63, 3.8) is 0 Å². The molecule has 2 rings (SSSR count). The van der Waals surface area contributed by atoms with E-state index >= 15 is 0 Å². The molecular formula is C19H29NO. The van der Waals surface area contributed by atoms with Crippen molar-refractivity contribution in [1.82, 2.24) is 4.90 Å². The first-order chi connectivity index (χ1) is 10.1. The van der Waals surface area contributed by atoms with Gasteiger partial charge in [-0.3, -0.25) is 4.79 Å². The second-order valence-electron chi connectivity index (χ2n) is 6.99. The molecule has 0 spiro atoms. The number of hydrogen-bond acceptors (Lipinski definition) is 1. The topological polar surface area (TPSA) is 20.3 Å². The average Bonchev–Trinajstić information content (AvgIpc) is 2.47. The van der Waals surface area contributed by atoms with E-state index in [-0.39, 0.29) is 5.91 Å². The molecule has 0 heterocycles. The summed E-state index contributed by atoms with van der Waals surface area (Å²) in [5.41, 5.74) is 2.10. The Hall–Kier alpha value is -1.31. The van der Waals surface area contributed by atoms with Gasteiger partial charge < -0.3 is 4.90 Å². The number of benzene rings is 1. The Balaban J connectivity index is 1.97. The van der Waals surface area contributed by atoms with E-state index in [9.17, 15) is 4.79 Å². The molecule has 1 aliphatic carbocycles. The highest BCUT2D eigenvalue weighted by molar-refractivity contribution is 5.94. The Labute approximate surface area is 129 Å². The Morgan fingerprint density at radius 1 is 1.24 bits per heavy atom. The van der Waals surface area contributed by atoms with E-state index in [1.807, 2.05) is 24.1 Å². The minimum Gasteiger partial charge on any atom is -0.341 e. The second kappa shape index (κ2) is 7.63. The lowest BCUT2D eigenvalue weighted by Crippen LogP contribution is -2.32. The number of nitrogens with zero attached hydrogens (tertiary/aromatic N) is 1. The molecule has 0 aliphatic heterocycles. The molecule has 1 saturated carbocycles. The van der Waals surface area contributed by atoms with Gasteiger partial charge in [0.25, 0.3) is 5.91 Å². The molecule has 1 aliphatic rings. The van der Waals surface area contributed by atoms with Crippen molar-refractivity contribution in [2.24, 2.45) is 11.8 Å². The average molecular weight is 287 g/mol. The number of amides is 1. The van der Waals surface area contributed by atoms with Crippen molar-refractivity contribution in [3.05, 3.63) is 35.4 Å². The molecule has 0 atom stereocenters. The number of hydrogen-bond donors (Lipinski definition) is 0. The third kappa shape index (κ3) is 4.87. The first-order valence-corrected chi connectivity index (χ1v) is 8.40. The van der Waals surface area contributed by atoms with Gasteiger partial charge in [0.15, 0.2) is 0 Å². The Bertz CT molecular complexity index is 460. The summed E-state index contributed by atoms with van der Waals surface area (Å²) in [7, 11) is 1.95. The first kappa shape index (κ1) is 16.1. The van der Waals surface area contributed by atoms with Crippen LogP contribution in [-0.2, 0) is 6.42 Å². The zero-order chi connectivity index (χ0) is 15.2. The fraction of sp³-hybridized carbons (Fsp3) is 0.632. The quantitative estimate of drug-likeness (QED) is 0.778. The first-order valence-electron chi connectivity index (χ1n) is 8.40. The van der Waals surface area contributed by atoms with Gasteiger partial charge in [0.1, 0.15) is 0 Å². The molecule has 2 nitrogen and oxygen atoms in total. The van der Waals surface area contributed by atoms with Crippen LogP contribution in [0.15, 0.2) is 24.3 Å². The van der Waals surface area contributed by atoms with E-state index in [2.05, 4.69) is 26.0 Å². The van der Waals surface area contributed by atoms with Gasteiger partial charge >= 0.3 is 0 Å². The molecule has 0 aromatic heterocycles. The number of carbonyl (C=O) groups excluding carboxylic acids is 1. The predicted molar refractivity (Wildman–Crippen MR) is 88.5 cm³/mol. The largest absolute Gasteiger partial charge is 0.341 e. The summed E-state index contributed by atoms with van der Waals surface area (Å²) in [6, 6.07) is 8.15. The van der Waals surface area contributed by atoms with Gasteiger partial charge in [-0.25, -0.2) is 0 Å². The van der Waals surface area contributed by atoms with Crippen LogP contribution in [0.25, 0.3) is 0 Å². The zero-order valence-corrected chi connectivity index (χ0v) is 13.8. The second-order valence-corrected chi connectivity index (χ2v) is 6.99. The zero-order valence-electron chi connectivity index (χ0n) is 13.8. The van der Waals surface area contributed by atoms with Crippen molar-refractivity contribution in [2.45, 2.75) is 52.4 Å². The van der Waals surface area contributed by atoms with Crippen LogP contribution in [0, 0.1) is 11.8 Å². The Morgan fingerprint density at radius 2 is 1.95 bits per heavy atom. The summed E-state index contributed by atoms with van der Waals surface area (Å²) >= 11 is 0. The summed E-state index contributed by atoms with van der Waals surface area (Å²) < 4.78 is 0. The van der Waals surface area contributed by atoms with Crippen molar-refractivity contribution >= 4 is 5.91 Å². The molecule has 116 valence electrons. The minimum absolute atomic E-state index is 0.172. The molecule has 0 bridgehead atoms. The predicted octanol–water partition coefficient (Wildman–Crippen LogP) is 4.54. The van der Waals surface area contributed by atoms with Crippen molar-refractivity contribution in [2.75, 3.05) is 13.6 Å². The third-order valence-electron chi connectivity index (χ3n) is 4.42. The van der Waals surface area contributed by atoms with Crippen LogP contribution >= 0.6 is 0 Å². The minimum atomic E-state index is 0.172. The van der Waals surface area contributed by atoms with Gasteiger partial charge in [-0.15, -0.1) is 0 Å². The Morgan fingerprint density at radius 3 is 2.62 bits per heavy atom. The van der Waals surface area contributed by atoms with E-state index < -0.39 is 0 Å². The lowest BCUT2D eigenvalue weighted by Gasteiger charge is -2.27. The highest BCUT2D eigenvalue weighted by Crippen LogP contribution is 2.24. The fourth-order valence-corrected chi connectivity index (χ4v) is 3.36. The van der Waals surface area contributed by atoms with Crippen LogP contribution in [0.1, 0.15) is 61.9 Å². The van der Waals surface area contributed by atoms with Gasteiger partial charge in [0.2, 0.25) is 0 Å². The normalized spacial score (nSPS) is 16.2. The standard InChI is InChI=1S/C19H29NO/c1-15(2)12-17-10-7-11-18(13-17)19(21)20(3)14-16-8-5-4-6-9-16/h7,10-11,13,15-16H,4-6,8-9,12,14H2,1-3H3. The van der Waals surface area contributed by atoms with E-state index in [4.69, 9.17) is 0 Å². The molecule has 21 heavy (non-hydrogen) atoms. The van der Waals surface area contributed by atoms with Crippen LogP contribution in [0.2, 0.25) is 0 Å². The van der Waals surface area contributed by atoms with Crippen LogP contribution in [0.3, 0.4) is 0 Å². The van der Waals surface area contributed by atoms with E-state index in [0.717, 1.165) is 18.5 Å². The van der Waals surface area contributed by atoms with Gasteiger partial charge in [-0.1, -0.05) is 45.2 Å². The molecular weight excluding hydrogens is 258 g/mol. The summed E-state index contributed by atoms with van der Waals surface area (Å²) in [5, 5.41) is 0. The summed E-state index contributed by atoms with van der Waals surface area (Å²) in [6.07, 6.45) is 7.63. The molecule has 0 radical (unpaired) electrons. The monoisotopic (exact) mass is 287 g/mol. The SMILES string of the molecule is CC(C)Cc1cccc(C(=O)N(C)CC2CCCCC2)c1. The number of rotatable bonds is 5. The van der Waals surface area contributed by atoms with Crippen molar-refractivity contribution < 1.29 is 4.79 Å². The van der Waals surface area contributed by atoms with Gasteiger partial charge in [0.05, 0.1) is 0 Å². The molecule has 1 aromatic carbocycles. The van der Waals surface area contributed by atoms with Gasteiger partial charge in [-0.2, -0.15) is 0 Å². The fourth-order valence-electron chi connectivity index (χ4n) is 3.36. The van der Waals surface area contributed by atoms with Gasteiger partial charge in [0, 0.05) is 19.2 Å². The third-order valence-corrected chi connectivity index (χ3v) is 4.42. The smallest absolute Gasteiger partial charge is 0.253 e. The van der Waals surface area contributed by atoms with Gasteiger partial charge in [-0.05, 0) is 48.8 Å². The van der Waals surface area contributed by atoms with Crippen LogP contribution < -0.4 is 0 Å². The van der Waals surface area contributed by atoms with E-state index in [0.29, 0.717) is 11.8 Å². The summed E-state index contributed by atoms with van der Waals surface area (Å²) in [5.74, 6) is 1.49. The van der Waals surface area contributed by atoms with Crippen LogP contribution in [0.4, 0.5) is 0 Å². The summed E-state index contributed by atoms with van der Waals surface area (Å²) in [6.45, 7) is 5.33. The molecule has 2 heteroatoms. The van der Waals surface area contributed by atoms with Crippen LogP contribution in [0.5, 0.6) is 0 Å². The lowest BCUT2D eigenvalue weighted by molar-refractivity contribution is 0.0760. The Kier molecular flexibility index (Phi) is 5.84. The molecule has 1 fully saturated rings. The highest BCUT2D eigenvalue weighted by atomic mass is 16.2. The highest BCUT2D eigenvalue weighted by Gasteiger charge is 2.19. The molecule has 0 saturated heterocycles. The van der Waals surface area contributed by atoms with Crippen LogP contribution in [-0.4, -0.2) is 24.4 Å². The number of carbonyl (C=O) groups is 1. The maximum Gasteiger partial charge on any atom is 0.253 e. The van der Waals surface area contributed by atoms with E-state index in [1.165, 1.54) is 37.7 Å². The lowest BCUT2D eigenvalue weighted by atomic mass is 9.89.